The van der Waals surface area contributed by atoms with Gasteiger partial charge in [-0.15, -0.1) is 0 Å². The maximum Gasteiger partial charge on any atom is 0.490 e. The molecule has 7 nitrogen and oxygen atoms in total. The van der Waals surface area contributed by atoms with Crippen LogP contribution < -0.4 is 5.32 Å². The van der Waals surface area contributed by atoms with Crippen LogP contribution in [0.1, 0.15) is 60.0 Å². The number of ketones is 1. The first kappa shape index (κ1) is 27.1. The summed E-state index contributed by atoms with van der Waals surface area (Å²) in [5.74, 6) is -2.51. The SMILES string of the molecule is O=C(CCC(=O)N1CCC(N2CCCC2)CC1)c1ccc2c(c1)CCNCC2.O=C(O)C(F)(F)F. The zero-order chi connectivity index (χ0) is 25.4. The number of benzene rings is 1. The Bertz CT molecular complexity index is 892. The molecule has 10 heteroatoms. The van der Waals surface area contributed by atoms with E-state index in [1.165, 1.54) is 37.1 Å². The number of carbonyl (C=O) groups is 3. The van der Waals surface area contributed by atoms with Crippen molar-refractivity contribution < 1.29 is 32.7 Å². The third-order valence-electron chi connectivity index (χ3n) is 6.95. The van der Waals surface area contributed by atoms with Gasteiger partial charge in [0.1, 0.15) is 0 Å². The molecule has 1 aromatic rings. The lowest BCUT2D eigenvalue weighted by molar-refractivity contribution is -0.192. The average Bonchev–Trinajstić information content (AvgIpc) is 3.27. The number of carbonyl (C=O) groups excluding carboxylic acids is 2. The van der Waals surface area contributed by atoms with E-state index in [0.717, 1.165) is 57.4 Å². The molecule has 35 heavy (non-hydrogen) atoms. The van der Waals surface area contributed by atoms with Crippen molar-refractivity contribution in [2.24, 2.45) is 0 Å². The highest BCUT2D eigenvalue weighted by Crippen LogP contribution is 2.22. The third-order valence-corrected chi connectivity index (χ3v) is 6.95. The minimum Gasteiger partial charge on any atom is -0.475 e. The number of alkyl halides is 3. The number of Topliss-reactive ketones (excluding diaryl/α,β-unsaturated/α-hetero) is 1. The van der Waals surface area contributed by atoms with Gasteiger partial charge < -0.3 is 20.2 Å². The highest BCUT2D eigenvalue weighted by Gasteiger charge is 2.38. The Labute approximate surface area is 203 Å². The van der Waals surface area contributed by atoms with E-state index in [-0.39, 0.29) is 11.7 Å². The normalized spacial score (nSPS) is 19.3. The van der Waals surface area contributed by atoms with Gasteiger partial charge >= 0.3 is 12.1 Å². The Kier molecular flexibility index (Phi) is 9.68. The molecule has 0 aromatic heterocycles. The number of carboxylic acids is 1. The fraction of sp³-hybridized carbons (Fsp3) is 0.640. The Morgan fingerprint density at radius 3 is 2.14 bits per heavy atom. The van der Waals surface area contributed by atoms with Crippen molar-refractivity contribution in [3.63, 3.8) is 0 Å². The predicted octanol–water partition coefficient (Wildman–Crippen LogP) is 3.06. The highest BCUT2D eigenvalue weighted by molar-refractivity contribution is 5.98. The summed E-state index contributed by atoms with van der Waals surface area (Å²) >= 11 is 0. The zero-order valence-electron chi connectivity index (χ0n) is 19.9. The maximum atomic E-state index is 12.6. The van der Waals surface area contributed by atoms with Crippen LogP contribution in [0.5, 0.6) is 0 Å². The van der Waals surface area contributed by atoms with Gasteiger partial charge in [-0.05, 0) is 81.9 Å². The molecule has 1 amide bonds. The fourth-order valence-corrected chi connectivity index (χ4v) is 4.96. The molecule has 194 valence electrons. The highest BCUT2D eigenvalue weighted by atomic mass is 19.4. The van der Waals surface area contributed by atoms with E-state index in [1.807, 2.05) is 11.0 Å². The van der Waals surface area contributed by atoms with Crippen LogP contribution in [-0.2, 0) is 22.4 Å². The molecule has 0 saturated carbocycles. The zero-order valence-corrected chi connectivity index (χ0v) is 19.9. The average molecular weight is 498 g/mol. The molecule has 0 aliphatic carbocycles. The van der Waals surface area contributed by atoms with E-state index >= 15 is 0 Å². The van der Waals surface area contributed by atoms with Crippen molar-refractivity contribution in [2.45, 2.75) is 63.6 Å². The first-order chi connectivity index (χ1) is 16.6. The first-order valence-corrected chi connectivity index (χ1v) is 12.3. The van der Waals surface area contributed by atoms with Crippen molar-refractivity contribution in [1.82, 2.24) is 15.1 Å². The minimum atomic E-state index is -5.08. The summed E-state index contributed by atoms with van der Waals surface area (Å²) in [5.41, 5.74) is 3.39. The van der Waals surface area contributed by atoms with Crippen LogP contribution >= 0.6 is 0 Å². The lowest BCUT2D eigenvalue weighted by Gasteiger charge is -2.36. The van der Waals surface area contributed by atoms with Crippen molar-refractivity contribution in [1.29, 1.82) is 0 Å². The van der Waals surface area contributed by atoms with E-state index in [0.29, 0.717) is 18.9 Å². The Morgan fingerprint density at radius 1 is 0.943 bits per heavy atom. The van der Waals surface area contributed by atoms with Crippen LogP contribution in [-0.4, -0.2) is 84.1 Å². The number of aliphatic carboxylic acids is 1. The standard InChI is InChI=1S/C23H33N3O2.C2HF3O2/c27-22(20-4-3-18-7-11-24-12-8-19(18)17-20)5-6-23(28)26-15-9-21(10-16-26)25-13-1-2-14-25;3-2(4,5)1(6)7/h3-4,17,21,24H,1-2,5-16H2;(H,6,7). The van der Waals surface area contributed by atoms with Gasteiger partial charge in [-0.2, -0.15) is 13.2 Å². The molecule has 2 fully saturated rings. The molecule has 0 atom stereocenters. The number of amides is 1. The molecule has 2 saturated heterocycles. The summed E-state index contributed by atoms with van der Waals surface area (Å²) in [6.45, 7) is 6.12. The molecule has 0 unspecified atom stereocenters. The molecule has 0 spiro atoms. The van der Waals surface area contributed by atoms with Crippen molar-refractivity contribution in [3.05, 3.63) is 34.9 Å². The fourth-order valence-electron chi connectivity index (χ4n) is 4.96. The summed E-state index contributed by atoms with van der Waals surface area (Å²) in [4.78, 5) is 38.7. The number of fused-ring (bicyclic) bond motifs is 1. The van der Waals surface area contributed by atoms with E-state index < -0.39 is 12.1 Å². The molecule has 0 bridgehead atoms. The number of nitrogens with one attached hydrogen (secondary N) is 1. The second-order valence-corrected chi connectivity index (χ2v) is 9.31. The van der Waals surface area contributed by atoms with E-state index in [2.05, 4.69) is 22.3 Å². The van der Waals surface area contributed by atoms with Crippen molar-refractivity contribution in [3.8, 4) is 0 Å². The number of halogens is 3. The number of likely N-dealkylation sites (tertiary alicyclic amines) is 2. The van der Waals surface area contributed by atoms with Crippen LogP contribution in [0.3, 0.4) is 0 Å². The van der Waals surface area contributed by atoms with Crippen molar-refractivity contribution >= 4 is 17.7 Å². The maximum absolute atomic E-state index is 12.6. The molecule has 3 heterocycles. The van der Waals surface area contributed by atoms with Gasteiger partial charge in [0.2, 0.25) is 5.91 Å². The number of carboxylic acid groups (broad SMARTS) is 1. The quantitative estimate of drug-likeness (QED) is 0.608. The third kappa shape index (κ3) is 8.03. The largest absolute Gasteiger partial charge is 0.490 e. The van der Waals surface area contributed by atoms with Gasteiger partial charge in [0.05, 0.1) is 0 Å². The van der Waals surface area contributed by atoms with Gasteiger partial charge in [-0.1, -0.05) is 12.1 Å². The molecule has 3 aliphatic heterocycles. The number of hydrogen-bond acceptors (Lipinski definition) is 5. The molecular weight excluding hydrogens is 463 g/mol. The number of hydrogen-bond donors (Lipinski definition) is 2. The van der Waals surface area contributed by atoms with E-state index in [9.17, 15) is 22.8 Å². The summed E-state index contributed by atoms with van der Waals surface area (Å²) in [7, 11) is 0. The monoisotopic (exact) mass is 497 g/mol. The van der Waals surface area contributed by atoms with Crippen LogP contribution in [0.15, 0.2) is 18.2 Å². The molecule has 0 radical (unpaired) electrons. The van der Waals surface area contributed by atoms with E-state index in [1.54, 1.807) is 0 Å². The predicted molar refractivity (Wildman–Crippen MR) is 124 cm³/mol. The summed E-state index contributed by atoms with van der Waals surface area (Å²) in [6.07, 6.45) is 2.38. The van der Waals surface area contributed by atoms with Gasteiger partial charge in [0.15, 0.2) is 5.78 Å². The van der Waals surface area contributed by atoms with Gasteiger partial charge in [-0.25, -0.2) is 4.79 Å². The lowest BCUT2D eigenvalue weighted by atomic mass is 9.97. The van der Waals surface area contributed by atoms with E-state index in [4.69, 9.17) is 9.90 Å². The van der Waals surface area contributed by atoms with Gasteiger partial charge in [0.25, 0.3) is 0 Å². The molecule has 4 rings (SSSR count). The topological polar surface area (TPSA) is 90.0 Å². The molecular formula is C25H34F3N3O4. The molecule has 2 N–H and O–H groups in total. The molecule has 3 aliphatic rings. The lowest BCUT2D eigenvalue weighted by Crippen LogP contribution is -2.45. The second-order valence-electron chi connectivity index (χ2n) is 9.31. The Balaban J connectivity index is 0.000000429. The first-order valence-electron chi connectivity index (χ1n) is 12.3. The number of nitrogens with zero attached hydrogens (tertiary/aromatic N) is 2. The summed E-state index contributed by atoms with van der Waals surface area (Å²) < 4.78 is 31.7. The summed E-state index contributed by atoms with van der Waals surface area (Å²) in [5, 5.41) is 10.5. The van der Waals surface area contributed by atoms with Crippen LogP contribution in [0.25, 0.3) is 0 Å². The molecule has 1 aromatic carbocycles. The Morgan fingerprint density at radius 2 is 1.54 bits per heavy atom. The Hall–Kier alpha value is -2.46. The van der Waals surface area contributed by atoms with Crippen LogP contribution in [0, 0.1) is 0 Å². The van der Waals surface area contributed by atoms with Gasteiger partial charge in [0, 0.05) is 37.5 Å². The number of rotatable bonds is 5. The second kappa shape index (κ2) is 12.5. The van der Waals surface area contributed by atoms with Crippen LogP contribution in [0.2, 0.25) is 0 Å². The smallest absolute Gasteiger partial charge is 0.475 e. The van der Waals surface area contributed by atoms with Gasteiger partial charge in [-0.3, -0.25) is 9.59 Å². The van der Waals surface area contributed by atoms with Crippen molar-refractivity contribution in [2.75, 3.05) is 39.3 Å². The summed E-state index contributed by atoms with van der Waals surface area (Å²) in [6, 6.07) is 6.75. The van der Waals surface area contributed by atoms with Crippen LogP contribution in [0.4, 0.5) is 13.2 Å². The number of piperidine rings is 1. The minimum absolute atomic E-state index is 0.0975.